The molecule has 1 N–H and O–H groups in total. The first-order valence-electron chi connectivity index (χ1n) is 7.58. The third kappa shape index (κ3) is 3.48. The van der Waals surface area contributed by atoms with Crippen LogP contribution in [0.5, 0.6) is 5.75 Å². The summed E-state index contributed by atoms with van der Waals surface area (Å²) in [6.45, 7) is 4.51. The quantitative estimate of drug-likeness (QED) is 0.825. The summed E-state index contributed by atoms with van der Waals surface area (Å²) < 4.78 is 6.64. The molecule has 118 valence electrons. The molecule has 0 aliphatic carbocycles. The van der Waals surface area contributed by atoms with Gasteiger partial charge in [-0.25, -0.2) is 0 Å². The van der Waals surface area contributed by atoms with E-state index in [-0.39, 0.29) is 12.5 Å². The first-order valence-corrected chi connectivity index (χ1v) is 8.37. The summed E-state index contributed by atoms with van der Waals surface area (Å²) in [5, 5.41) is 3.01. The number of benzene rings is 2. The van der Waals surface area contributed by atoms with E-state index in [1.807, 2.05) is 48.5 Å². The first kappa shape index (κ1) is 15.8. The van der Waals surface area contributed by atoms with Gasteiger partial charge in [-0.1, -0.05) is 48.0 Å². The number of nitrogens with one attached hydrogen (secondary N) is 1. The molecule has 0 saturated heterocycles. The number of rotatable bonds is 3. The van der Waals surface area contributed by atoms with Crippen LogP contribution in [-0.4, -0.2) is 12.5 Å². The maximum absolute atomic E-state index is 12.6. The van der Waals surface area contributed by atoms with Crippen molar-refractivity contribution in [3.63, 3.8) is 0 Å². The Morgan fingerprint density at radius 2 is 2.00 bits per heavy atom. The van der Waals surface area contributed by atoms with E-state index in [1.54, 1.807) is 0 Å². The Kier molecular flexibility index (Phi) is 4.53. The zero-order chi connectivity index (χ0) is 16.4. The number of anilines is 1. The maximum Gasteiger partial charge on any atom is 0.255 e. The van der Waals surface area contributed by atoms with E-state index in [0.29, 0.717) is 11.5 Å². The van der Waals surface area contributed by atoms with Crippen LogP contribution >= 0.6 is 15.9 Å². The van der Waals surface area contributed by atoms with Crippen LogP contribution in [-0.2, 0) is 4.79 Å². The van der Waals surface area contributed by atoms with Gasteiger partial charge >= 0.3 is 0 Å². The highest BCUT2D eigenvalue weighted by Gasteiger charge is 2.18. The first-order chi connectivity index (χ1) is 11.0. The van der Waals surface area contributed by atoms with Crippen LogP contribution in [0.15, 0.2) is 52.5 Å². The zero-order valence-corrected chi connectivity index (χ0v) is 14.7. The van der Waals surface area contributed by atoms with Crippen LogP contribution in [0.1, 0.15) is 30.9 Å². The largest absolute Gasteiger partial charge is 0.488 e. The molecule has 1 aliphatic rings. The van der Waals surface area contributed by atoms with E-state index in [1.165, 1.54) is 0 Å². The maximum atomic E-state index is 12.6. The van der Waals surface area contributed by atoms with Crippen LogP contribution < -0.4 is 10.1 Å². The van der Waals surface area contributed by atoms with Gasteiger partial charge in [-0.15, -0.1) is 0 Å². The molecule has 3 nitrogen and oxygen atoms in total. The van der Waals surface area contributed by atoms with Gasteiger partial charge < -0.3 is 10.1 Å². The van der Waals surface area contributed by atoms with E-state index >= 15 is 0 Å². The van der Waals surface area contributed by atoms with Gasteiger partial charge in [0.1, 0.15) is 12.4 Å². The second-order valence-electron chi connectivity index (χ2n) is 5.84. The summed E-state index contributed by atoms with van der Waals surface area (Å²) in [7, 11) is 0. The summed E-state index contributed by atoms with van der Waals surface area (Å²) in [5.41, 5.74) is 3.51. The van der Waals surface area contributed by atoms with Crippen molar-refractivity contribution < 1.29 is 9.53 Å². The van der Waals surface area contributed by atoms with E-state index in [9.17, 15) is 4.79 Å². The van der Waals surface area contributed by atoms with Crippen molar-refractivity contribution in [3.05, 3.63) is 63.6 Å². The molecule has 0 radical (unpaired) electrons. The molecule has 4 heteroatoms. The average Bonchev–Trinajstić information content (AvgIpc) is 2.54. The lowest BCUT2D eigenvalue weighted by atomic mass is 10.0. The highest BCUT2D eigenvalue weighted by atomic mass is 79.9. The lowest BCUT2D eigenvalue weighted by Gasteiger charge is -2.19. The molecule has 3 rings (SSSR count). The van der Waals surface area contributed by atoms with Crippen LogP contribution in [0.4, 0.5) is 5.69 Å². The summed E-state index contributed by atoms with van der Waals surface area (Å²) in [6.07, 6.45) is 1.89. The topological polar surface area (TPSA) is 38.3 Å². The number of fused-ring (bicyclic) bond motifs is 1. The Hall–Kier alpha value is -2.07. The van der Waals surface area contributed by atoms with E-state index < -0.39 is 0 Å². The van der Waals surface area contributed by atoms with Gasteiger partial charge in [0.2, 0.25) is 0 Å². The SMILES string of the molecule is CC(C)c1ccccc1NC(=O)C1=Cc2cc(Br)ccc2OC1. The minimum absolute atomic E-state index is 0.122. The van der Waals surface area contributed by atoms with Gasteiger partial charge in [0.25, 0.3) is 5.91 Å². The number of hydrogen-bond acceptors (Lipinski definition) is 2. The van der Waals surface area contributed by atoms with Gasteiger partial charge in [0, 0.05) is 15.7 Å². The lowest BCUT2D eigenvalue weighted by molar-refractivity contribution is -0.113. The van der Waals surface area contributed by atoms with E-state index in [2.05, 4.69) is 35.1 Å². The zero-order valence-electron chi connectivity index (χ0n) is 13.1. The second-order valence-corrected chi connectivity index (χ2v) is 6.75. The van der Waals surface area contributed by atoms with Gasteiger partial charge in [0.05, 0.1) is 5.57 Å². The number of ether oxygens (including phenoxy) is 1. The molecule has 1 amide bonds. The molecular formula is C19H18BrNO2. The Balaban J connectivity index is 1.85. The fraction of sp³-hybridized carbons (Fsp3) is 0.211. The molecule has 0 unspecified atom stereocenters. The predicted octanol–water partition coefficient (Wildman–Crippen LogP) is 4.99. The normalized spacial score (nSPS) is 13.1. The Bertz CT molecular complexity index is 781. The molecule has 0 fully saturated rings. The minimum Gasteiger partial charge on any atom is -0.488 e. The smallest absolute Gasteiger partial charge is 0.255 e. The minimum atomic E-state index is -0.122. The van der Waals surface area contributed by atoms with Crippen molar-refractivity contribution >= 4 is 33.6 Å². The van der Waals surface area contributed by atoms with E-state index in [4.69, 9.17) is 4.74 Å². The van der Waals surface area contributed by atoms with Crippen molar-refractivity contribution in [2.45, 2.75) is 19.8 Å². The van der Waals surface area contributed by atoms with Crippen molar-refractivity contribution in [2.24, 2.45) is 0 Å². The highest BCUT2D eigenvalue weighted by molar-refractivity contribution is 9.10. The summed E-state index contributed by atoms with van der Waals surface area (Å²) in [5.74, 6) is 1.02. The molecule has 2 aromatic rings. The molecule has 0 saturated carbocycles. The number of carbonyl (C=O) groups excluding carboxylic acids is 1. The van der Waals surface area contributed by atoms with Crippen molar-refractivity contribution in [2.75, 3.05) is 11.9 Å². The standard InChI is InChI=1S/C19H18BrNO2/c1-12(2)16-5-3-4-6-17(16)21-19(22)14-9-13-10-15(20)7-8-18(13)23-11-14/h3-10,12H,11H2,1-2H3,(H,21,22). The fourth-order valence-corrected chi connectivity index (χ4v) is 2.98. The van der Waals surface area contributed by atoms with E-state index in [0.717, 1.165) is 27.0 Å². The third-order valence-electron chi connectivity index (χ3n) is 3.81. The summed E-state index contributed by atoms with van der Waals surface area (Å²) in [4.78, 5) is 12.6. The molecule has 1 heterocycles. The number of amides is 1. The van der Waals surface area contributed by atoms with Gasteiger partial charge in [-0.3, -0.25) is 4.79 Å². The van der Waals surface area contributed by atoms with Crippen LogP contribution in [0.2, 0.25) is 0 Å². The Morgan fingerprint density at radius 1 is 1.22 bits per heavy atom. The molecule has 0 spiro atoms. The van der Waals surface area contributed by atoms with Gasteiger partial charge in [0.15, 0.2) is 0 Å². The van der Waals surface area contributed by atoms with Crippen LogP contribution in [0.3, 0.4) is 0 Å². The van der Waals surface area contributed by atoms with Gasteiger partial charge in [-0.2, -0.15) is 0 Å². The molecule has 0 aromatic heterocycles. The summed E-state index contributed by atoms with van der Waals surface area (Å²) in [6, 6.07) is 13.7. The van der Waals surface area contributed by atoms with Gasteiger partial charge in [-0.05, 0) is 41.8 Å². The molecule has 0 atom stereocenters. The molecule has 2 aromatic carbocycles. The summed E-state index contributed by atoms with van der Waals surface area (Å²) >= 11 is 3.44. The Labute approximate surface area is 144 Å². The molecule has 1 aliphatic heterocycles. The molecule has 23 heavy (non-hydrogen) atoms. The van der Waals surface area contributed by atoms with Crippen molar-refractivity contribution in [3.8, 4) is 5.75 Å². The van der Waals surface area contributed by atoms with Crippen molar-refractivity contribution in [1.82, 2.24) is 0 Å². The monoisotopic (exact) mass is 371 g/mol. The molecular weight excluding hydrogens is 354 g/mol. The van der Waals surface area contributed by atoms with Crippen LogP contribution in [0, 0.1) is 0 Å². The second kappa shape index (κ2) is 6.59. The van der Waals surface area contributed by atoms with Crippen LogP contribution in [0.25, 0.3) is 6.08 Å². The number of hydrogen-bond donors (Lipinski definition) is 1. The third-order valence-corrected chi connectivity index (χ3v) is 4.30. The highest BCUT2D eigenvalue weighted by Crippen LogP contribution is 2.30. The van der Waals surface area contributed by atoms with Crippen molar-refractivity contribution in [1.29, 1.82) is 0 Å². The lowest BCUT2D eigenvalue weighted by Crippen LogP contribution is -2.22. The number of carbonyl (C=O) groups is 1. The number of para-hydroxylation sites is 1. The number of halogens is 1. The fourth-order valence-electron chi connectivity index (χ4n) is 2.60. The average molecular weight is 372 g/mol. The molecule has 0 bridgehead atoms. The predicted molar refractivity (Wildman–Crippen MR) is 96.8 cm³/mol. The Morgan fingerprint density at radius 3 is 2.78 bits per heavy atom.